The van der Waals surface area contributed by atoms with Gasteiger partial charge in [-0.3, -0.25) is 9.59 Å². The molecular formula is C27H32N2O5. The zero-order chi connectivity index (χ0) is 24.7. The van der Waals surface area contributed by atoms with Gasteiger partial charge in [-0.1, -0.05) is 68.5 Å². The van der Waals surface area contributed by atoms with E-state index in [0.717, 1.165) is 22.3 Å². The van der Waals surface area contributed by atoms with E-state index in [-0.39, 0.29) is 31.5 Å². The quantitative estimate of drug-likeness (QED) is 0.480. The lowest BCUT2D eigenvalue weighted by Crippen LogP contribution is -2.51. The third kappa shape index (κ3) is 5.14. The van der Waals surface area contributed by atoms with Gasteiger partial charge < -0.3 is 20.1 Å². The highest BCUT2D eigenvalue weighted by Crippen LogP contribution is 2.44. The predicted octanol–water partition coefficient (Wildman–Crippen LogP) is 4.43. The Kier molecular flexibility index (Phi) is 8.10. The van der Waals surface area contributed by atoms with Gasteiger partial charge in [-0.25, -0.2) is 4.79 Å². The fourth-order valence-electron chi connectivity index (χ4n) is 4.64. The van der Waals surface area contributed by atoms with Crippen LogP contribution in [-0.4, -0.2) is 54.2 Å². The Morgan fingerprint density at radius 3 is 2.12 bits per heavy atom. The monoisotopic (exact) mass is 464 g/mol. The van der Waals surface area contributed by atoms with Crippen molar-refractivity contribution in [3.8, 4) is 11.1 Å². The number of rotatable bonds is 11. The van der Waals surface area contributed by atoms with Gasteiger partial charge in [0.05, 0.1) is 5.41 Å². The topological polar surface area (TPSA) is 95.9 Å². The highest BCUT2D eigenvalue weighted by atomic mass is 16.5. The molecule has 3 rings (SSSR count). The Hall–Kier alpha value is -3.61. The predicted molar refractivity (Wildman–Crippen MR) is 130 cm³/mol. The first kappa shape index (κ1) is 25.0. The van der Waals surface area contributed by atoms with Gasteiger partial charge in [0.1, 0.15) is 13.2 Å². The third-order valence-electron chi connectivity index (χ3n) is 6.68. The maximum absolute atomic E-state index is 13.2. The van der Waals surface area contributed by atoms with E-state index in [1.54, 1.807) is 0 Å². The van der Waals surface area contributed by atoms with Crippen LogP contribution in [0.4, 0.5) is 4.79 Å². The van der Waals surface area contributed by atoms with Gasteiger partial charge in [0.2, 0.25) is 5.91 Å². The van der Waals surface area contributed by atoms with E-state index in [1.807, 2.05) is 38.1 Å². The molecule has 0 radical (unpaired) electrons. The van der Waals surface area contributed by atoms with E-state index < -0.39 is 24.0 Å². The first-order valence-corrected chi connectivity index (χ1v) is 11.6. The van der Waals surface area contributed by atoms with Crippen LogP contribution in [0.3, 0.4) is 0 Å². The van der Waals surface area contributed by atoms with Gasteiger partial charge in [-0.15, -0.1) is 6.58 Å². The van der Waals surface area contributed by atoms with Crippen molar-refractivity contribution in [1.29, 1.82) is 0 Å². The first-order valence-electron chi connectivity index (χ1n) is 11.6. The Morgan fingerprint density at radius 1 is 1.06 bits per heavy atom. The molecule has 0 saturated carbocycles. The lowest BCUT2D eigenvalue weighted by Gasteiger charge is -2.35. The molecule has 0 bridgehead atoms. The molecule has 0 fully saturated rings. The average Bonchev–Trinajstić information content (AvgIpc) is 3.16. The SMILES string of the molecule is C=CCN(CC(=O)O)C(=O)C(CC)(CC)CNC(=O)OCC1c2ccccc2-c2ccccc21. The van der Waals surface area contributed by atoms with E-state index in [0.29, 0.717) is 12.8 Å². The molecule has 7 nitrogen and oxygen atoms in total. The molecular weight excluding hydrogens is 432 g/mol. The zero-order valence-electron chi connectivity index (χ0n) is 19.8. The first-order chi connectivity index (χ1) is 16.4. The van der Waals surface area contributed by atoms with Gasteiger partial charge in [-0.05, 0) is 35.1 Å². The molecule has 2 aromatic rings. The molecule has 180 valence electrons. The van der Waals surface area contributed by atoms with Crippen LogP contribution >= 0.6 is 0 Å². The maximum Gasteiger partial charge on any atom is 0.407 e. The van der Waals surface area contributed by atoms with E-state index in [4.69, 9.17) is 4.74 Å². The van der Waals surface area contributed by atoms with E-state index >= 15 is 0 Å². The molecule has 1 aliphatic carbocycles. The molecule has 2 N–H and O–H groups in total. The lowest BCUT2D eigenvalue weighted by molar-refractivity contribution is -0.149. The molecule has 0 heterocycles. The summed E-state index contributed by atoms with van der Waals surface area (Å²) in [6.07, 6.45) is 1.78. The number of aliphatic carboxylic acids is 1. The number of nitrogens with zero attached hydrogens (tertiary/aromatic N) is 1. The van der Waals surface area contributed by atoms with E-state index in [2.05, 4.69) is 36.2 Å². The van der Waals surface area contributed by atoms with Crippen LogP contribution in [0.25, 0.3) is 11.1 Å². The second kappa shape index (κ2) is 11.0. The number of hydrogen-bond acceptors (Lipinski definition) is 4. The summed E-state index contributed by atoms with van der Waals surface area (Å²) in [4.78, 5) is 38.3. The van der Waals surface area contributed by atoms with Crippen LogP contribution in [0.1, 0.15) is 43.7 Å². The highest BCUT2D eigenvalue weighted by molar-refractivity contribution is 5.87. The molecule has 2 aromatic carbocycles. The summed E-state index contributed by atoms with van der Waals surface area (Å²) in [5.74, 6) is -1.47. The summed E-state index contributed by atoms with van der Waals surface area (Å²) in [5, 5.41) is 11.9. The van der Waals surface area contributed by atoms with Gasteiger partial charge in [0.15, 0.2) is 0 Å². The van der Waals surface area contributed by atoms with Crippen LogP contribution in [0.15, 0.2) is 61.2 Å². The standard InChI is InChI=1S/C27H32N2O5/c1-4-15-29(16-24(30)31)25(32)27(5-2,6-3)18-28-26(33)34-17-23-21-13-9-7-11-19(21)20-12-8-10-14-22(20)23/h4,7-14,23H,1,5-6,15-18H2,2-3H3,(H,28,33)(H,30,31). The maximum atomic E-state index is 13.2. The van der Waals surface area contributed by atoms with Crippen molar-refractivity contribution in [3.05, 3.63) is 72.3 Å². The number of carboxylic acids is 1. The summed E-state index contributed by atoms with van der Waals surface area (Å²) in [6.45, 7) is 7.27. The average molecular weight is 465 g/mol. The minimum Gasteiger partial charge on any atom is -0.480 e. The number of alkyl carbamates (subject to hydrolysis) is 1. The number of carbonyl (C=O) groups excluding carboxylic acids is 2. The normalized spacial score (nSPS) is 12.4. The highest BCUT2D eigenvalue weighted by Gasteiger charge is 2.39. The second-order valence-electron chi connectivity index (χ2n) is 8.53. The van der Waals surface area contributed by atoms with E-state index in [9.17, 15) is 19.5 Å². The summed E-state index contributed by atoms with van der Waals surface area (Å²) >= 11 is 0. The fourth-order valence-corrected chi connectivity index (χ4v) is 4.64. The van der Waals surface area contributed by atoms with Gasteiger partial charge in [0.25, 0.3) is 0 Å². The van der Waals surface area contributed by atoms with Crippen molar-refractivity contribution in [2.24, 2.45) is 5.41 Å². The molecule has 1 aliphatic rings. The molecule has 0 aliphatic heterocycles. The minimum atomic E-state index is -1.10. The number of carbonyl (C=O) groups is 3. The van der Waals surface area contributed by atoms with Crippen molar-refractivity contribution < 1.29 is 24.2 Å². The Balaban J connectivity index is 1.67. The van der Waals surface area contributed by atoms with Crippen molar-refractivity contribution in [2.45, 2.75) is 32.6 Å². The van der Waals surface area contributed by atoms with Crippen LogP contribution in [0.5, 0.6) is 0 Å². The Morgan fingerprint density at radius 2 is 1.62 bits per heavy atom. The number of amides is 2. The largest absolute Gasteiger partial charge is 0.480 e. The van der Waals surface area contributed by atoms with Gasteiger partial charge in [-0.2, -0.15) is 0 Å². The minimum absolute atomic E-state index is 0.0551. The number of nitrogens with one attached hydrogen (secondary N) is 1. The molecule has 0 aromatic heterocycles. The molecule has 0 unspecified atom stereocenters. The van der Waals surface area contributed by atoms with Crippen molar-refractivity contribution in [3.63, 3.8) is 0 Å². The summed E-state index contributed by atoms with van der Waals surface area (Å²) < 4.78 is 5.59. The number of ether oxygens (including phenoxy) is 1. The van der Waals surface area contributed by atoms with Crippen LogP contribution < -0.4 is 5.32 Å². The van der Waals surface area contributed by atoms with Crippen LogP contribution in [-0.2, 0) is 14.3 Å². The summed E-state index contributed by atoms with van der Waals surface area (Å²) in [6, 6.07) is 16.2. The van der Waals surface area contributed by atoms with Crippen molar-refractivity contribution in [1.82, 2.24) is 10.2 Å². The molecule has 7 heteroatoms. The molecule has 0 saturated heterocycles. The number of benzene rings is 2. The number of fused-ring (bicyclic) bond motifs is 3. The molecule has 34 heavy (non-hydrogen) atoms. The van der Waals surface area contributed by atoms with Gasteiger partial charge in [0, 0.05) is 19.0 Å². The van der Waals surface area contributed by atoms with Crippen molar-refractivity contribution in [2.75, 3.05) is 26.2 Å². The Labute approximate surface area is 200 Å². The fraction of sp³-hybridized carbons (Fsp3) is 0.370. The summed E-state index contributed by atoms with van der Waals surface area (Å²) in [7, 11) is 0. The molecule has 2 amide bonds. The summed E-state index contributed by atoms with van der Waals surface area (Å²) in [5.41, 5.74) is 3.61. The third-order valence-corrected chi connectivity index (χ3v) is 6.68. The number of carboxylic acid groups (broad SMARTS) is 1. The smallest absolute Gasteiger partial charge is 0.407 e. The van der Waals surface area contributed by atoms with Crippen molar-refractivity contribution >= 4 is 18.0 Å². The van der Waals surface area contributed by atoms with Gasteiger partial charge >= 0.3 is 12.1 Å². The van der Waals surface area contributed by atoms with Crippen LogP contribution in [0, 0.1) is 5.41 Å². The van der Waals surface area contributed by atoms with E-state index in [1.165, 1.54) is 11.0 Å². The van der Waals surface area contributed by atoms with Crippen LogP contribution in [0.2, 0.25) is 0 Å². The zero-order valence-corrected chi connectivity index (χ0v) is 19.8. The number of hydrogen-bond donors (Lipinski definition) is 2. The Bertz CT molecular complexity index is 1010. The molecule has 0 atom stereocenters. The molecule has 0 spiro atoms. The second-order valence-corrected chi connectivity index (χ2v) is 8.53. The lowest BCUT2D eigenvalue weighted by atomic mass is 9.80.